The lowest BCUT2D eigenvalue weighted by molar-refractivity contribution is 0.735. The quantitative estimate of drug-likeness (QED) is 0.418. The van der Waals surface area contributed by atoms with E-state index in [0.717, 1.165) is 0 Å². The SMILES string of the molecule is C=C1CCC(=C)CC1. The fourth-order valence-electron chi connectivity index (χ4n) is 0.957. The van der Waals surface area contributed by atoms with Crippen molar-refractivity contribution in [2.45, 2.75) is 25.7 Å². The van der Waals surface area contributed by atoms with Crippen molar-refractivity contribution in [1.29, 1.82) is 0 Å². The highest BCUT2D eigenvalue weighted by Gasteiger charge is 2.04. The minimum Gasteiger partial charge on any atom is -0.0998 e. The highest BCUT2D eigenvalue weighted by molar-refractivity contribution is 5.09. The largest absolute Gasteiger partial charge is 0.0998 e. The van der Waals surface area contributed by atoms with Gasteiger partial charge in [-0.3, -0.25) is 0 Å². The van der Waals surface area contributed by atoms with Crippen molar-refractivity contribution in [3.8, 4) is 0 Å². The summed E-state index contributed by atoms with van der Waals surface area (Å²) in [6, 6.07) is 0. The lowest BCUT2D eigenvalue weighted by Gasteiger charge is -2.13. The van der Waals surface area contributed by atoms with Crippen LogP contribution in [0.4, 0.5) is 0 Å². The summed E-state index contributed by atoms with van der Waals surface area (Å²) in [5.74, 6) is 0. The normalized spacial score (nSPS) is 21.5. The van der Waals surface area contributed by atoms with E-state index in [2.05, 4.69) is 13.2 Å². The van der Waals surface area contributed by atoms with E-state index in [9.17, 15) is 0 Å². The zero-order chi connectivity index (χ0) is 5.98. The molecule has 0 aliphatic heterocycles. The molecule has 0 unspecified atom stereocenters. The highest BCUT2D eigenvalue weighted by Crippen LogP contribution is 2.24. The molecule has 0 N–H and O–H groups in total. The standard InChI is InChI=1S/C8H12/c1-7-3-5-8(2)6-4-7/h1-6H2. The smallest absolute Gasteiger partial charge is 0.0286 e. The van der Waals surface area contributed by atoms with Crippen molar-refractivity contribution in [2.24, 2.45) is 0 Å². The molecule has 1 aliphatic carbocycles. The predicted octanol–water partition coefficient (Wildman–Crippen LogP) is 2.67. The van der Waals surface area contributed by atoms with Gasteiger partial charge in [0.05, 0.1) is 0 Å². The third-order valence-electron chi connectivity index (χ3n) is 1.66. The van der Waals surface area contributed by atoms with Gasteiger partial charge in [-0.1, -0.05) is 24.3 Å². The molecule has 0 bridgehead atoms. The molecule has 0 spiro atoms. The van der Waals surface area contributed by atoms with Crippen LogP contribution in [-0.2, 0) is 0 Å². The number of rotatable bonds is 0. The van der Waals surface area contributed by atoms with Gasteiger partial charge in [-0.05, 0) is 25.7 Å². The third kappa shape index (κ3) is 1.22. The van der Waals surface area contributed by atoms with Gasteiger partial charge in [-0.2, -0.15) is 0 Å². The average Bonchev–Trinajstić information content (AvgIpc) is 1.77. The van der Waals surface area contributed by atoms with Crippen LogP contribution >= 0.6 is 0 Å². The van der Waals surface area contributed by atoms with Gasteiger partial charge in [0.15, 0.2) is 0 Å². The Hall–Kier alpha value is -0.520. The Balaban J connectivity index is 2.40. The molecule has 0 aromatic rings. The van der Waals surface area contributed by atoms with E-state index in [-0.39, 0.29) is 0 Å². The summed E-state index contributed by atoms with van der Waals surface area (Å²) in [6.45, 7) is 7.82. The van der Waals surface area contributed by atoms with Gasteiger partial charge in [0.25, 0.3) is 0 Å². The molecule has 0 aromatic carbocycles. The molecule has 0 radical (unpaired) electrons. The van der Waals surface area contributed by atoms with Crippen LogP contribution in [-0.4, -0.2) is 0 Å². The van der Waals surface area contributed by atoms with Crippen LogP contribution in [0.15, 0.2) is 24.3 Å². The molecular weight excluding hydrogens is 96.1 g/mol. The van der Waals surface area contributed by atoms with Crippen LogP contribution in [0.5, 0.6) is 0 Å². The summed E-state index contributed by atoms with van der Waals surface area (Å²) in [5.41, 5.74) is 2.80. The number of hydrogen-bond acceptors (Lipinski definition) is 0. The van der Waals surface area contributed by atoms with E-state index in [1.54, 1.807) is 0 Å². The van der Waals surface area contributed by atoms with Gasteiger partial charge in [0, 0.05) is 0 Å². The second-order valence-corrected chi connectivity index (χ2v) is 2.50. The third-order valence-corrected chi connectivity index (χ3v) is 1.66. The molecule has 0 saturated heterocycles. The van der Waals surface area contributed by atoms with Crippen molar-refractivity contribution >= 4 is 0 Å². The zero-order valence-electron chi connectivity index (χ0n) is 5.24. The summed E-state index contributed by atoms with van der Waals surface area (Å²) in [5, 5.41) is 0. The molecule has 0 heteroatoms. The maximum absolute atomic E-state index is 3.91. The molecule has 0 aromatic heterocycles. The second kappa shape index (κ2) is 2.17. The Kier molecular flexibility index (Phi) is 1.52. The Morgan fingerprint density at radius 1 is 0.750 bits per heavy atom. The van der Waals surface area contributed by atoms with Crippen molar-refractivity contribution in [3.05, 3.63) is 24.3 Å². The van der Waals surface area contributed by atoms with E-state index in [4.69, 9.17) is 0 Å². The first-order valence-corrected chi connectivity index (χ1v) is 3.12. The molecule has 1 rings (SSSR count). The minimum atomic E-state index is 1.18. The van der Waals surface area contributed by atoms with E-state index in [1.165, 1.54) is 36.8 Å². The number of allylic oxidation sites excluding steroid dienone is 2. The maximum Gasteiger partial charge on any atom is -0.0286 e. The molecule has 44 valence electrons. The van der Waals surface area contributed by atoms with Gasteiger partial charge in [0.2, 0.25) is 0 Å². The Morgan fingerprint density at radius 2 is 1.00 bits per heavy atom. The first kappa shape index (κ1) is 5.61. The first-order valence-electron chi connectivity index (χ1n) is 3.12. The van der Waals surface area contributed by atoms with Crippen LogP contribution in [0.3, 0.4) is 0 Å². The van der Waals surface area contributed by atoms with Crippen molar-refractivity contribution in [1.82, 2.24) is 0 Å². The van der Waals surface area contributed by atoms with Crippen LogP contribution in [0.25, 0.3) is 0 Å². The van der Waals surface area contributed by atoms with Crippen LogP contribution in [0, 0.1) is 0 Å². The van der Waals surface area contributed by atoms with Crippen molar-refractivity contribution < 1.29 is 0 Å². The molecular formula is C8H12. The number of hydrogen-bond donors (Lipinski definition) is 0. The molecule has 1 aliphatic rings. The van der Waals surface area contributed by atoms with E-state index >= 15 is 0 Å². The molecule has 0 nitrogen and oxygen atoms in total. The van der Waals surface area contributed by atoms with Gasteiger partial charge in [-0.15, -0.1) is 0 Å². The summed E-state index contributed by atoms with van der Waals surface area (Å²) in [4.78, 5) is 0. The monoisotopic (exact) mass is 108 g/mol. The van der Waals surface area contributed by atoms with Gasteiger partial charge >= 0.3 is 0 Å². The minimum absolute atomic E-state index is 1.18. The van der Waals surface area contributed by atoms with Crippen LogP contribution in [0.2, 0.25) is 0 Å². The van der Waals surface area contributed by atoms with Gasteiger partial charge in [0.1, 0.15) is 0 Å². The van der Waals surface area contributed by atoms with Gasteiger partial charge < -0.3 is 0 Å². The highest BCUT2D eigenvalue weighted by atomic mass is 14.1. The Labute approximate surface area is 50.9 Å². The Bertz CT molecular complexity index is 92.0. The fraction of sp³-hybridized carbons (Fsp3) is 0.500. The average molecular weight is 108 g/mol. The molecule has 1 saturated carbocycles. The molecule has 0 atom stereocenters. The summed E-state index contributed by atoms with van der Waals surface area (Å²) in [6.07, 6.45) is 4.72. The lowest BCUT2D eigenvalue weighted by atomic mass is 9.93. The summed E-state index contributed by atoms with van der Waals surface area (Å²) >= 11 is 0. The maximum atomic E-state index is 3.91. The van der Waals surface area contributed by atoms with E-state index in [0.29, 0.717) is 0 Å². The zero-order valence-corrected chi connectivity index (χ0v) is 5.24. The summed E-state index contributed by atoms with van der Waals surface area (Å²) < 4.78 is 0. The van der Waals surface area contributed by atoms with Gasteiger partial charge in [-0.25, -0.2) is 0 Å². The van der Waals surface area contributed by atoms with Crippen molar-refractivity contribution in [2.75, 3.05) is 0 Å². The van der Waals surface area contributed by atoms with E-state index in [1.807, 2.05) is 0 Å². The topological polar surface area (TPSA) is 0 Å². The lowest BCUT2D eigenvalue weighted by Crippen LogP contribution is -1.93. The Morgan fingerprint density at radius 3 is 1.25 bits per heavy atom. The molecule has 0 heterocycles. The first-order chi connectivity index (χ1) is 3.79. The van der Waals surface area contributed by atoms with Crippen molar-refractivity contribution in [3.63, 3.8) is 0 Å². The second-order valence-electron chi connectivity index (χ2n) is 2.50. The molecule has 0 amide bonds. The molecule has 1 fully saturated rings. The summed E-state index contributed by atoms with van der Waals surface area (Å²) in [7, 11) is 0. The predicted molar refractivity (Wildman–Crippen MR) is 36.7 cm³/mol. The van der Waals surface area contributed by atoms with E-state index < -0.39 is 0 Å². The van der Waals surface area contributed by atoms with Crippen LogP contribution < -0.4 is 0 Å². The molecule has 8 heavy (non-hydrogen) atoms. The van der Waals surface area contributed by atoms with Crippen LogP contribution in [0.1, 0.15) is 25.7 Å². The fourth-order valence-corrected chi connectivity index (χ4v) is 0.957.